The number of fused-ring (bicyclic) bond motifs is 1. The highest BCUT2D eigenvalue weighted by Crippen LogP contribution is 2.20. The summed E-state index contributed by atoms with van der Waals surface area (Å²) in [5, 5.41) is 4.45. The van der Waals surface area contributed by atoms with Gasteiger partial charge in [0.25, 0.3) is 11.5 Å². The van der Waals surface area contributed by atoms with Gasteiger partial charge in [0, 0.05) is 4.88 Å². The van der Waals surface area contributed by atoms with Crippen LogP contribution in [0.3, 0.4) is 0 Å². The maximum Gasteiger partial charge on any atom is 0.262 e. The van der Waals surface area contributed by atoms with E-state index in [1.165, 1.54) is 28.4 Å². The van der Waals surface area contributed by atoms with Gasteiger partial charge in [0.15, 0.2) is 0 Å². The van der Waals surface area contributed by atoms with Crippen molar-refractivity contribution in [2.24, 2.45) is 5.10 Å². The van der Waals surface area contributed by atoms with E-state index in [1.54, 1.807) is 19.2 Å². The Balaban J connectivity index is 1.65. The Kier molecular flexibility index (Phi) is 5.43. The fourth-order valence-corrected chi connectivity index (χ4v) is 3.28. The molecule has 26 heavy (non-hydrogen) atoms. The van der Waals surface area contributed by atoms with Crippen LogP contribution in [0, 0.1) is 0 Å². The largest absolute Gasteiger partial charge is 0.497 e. The molecule has 2 heterocycles. The summed E-state index contributed by atoms with van der Waals surface area (Å²) in [7, 11) is 1.59. The van der Waals surface area contributed by atoms with E-state index in [0.717, 1.165) is 22.6 Å². The average molecular weight is 370 g/mol. The fraction of sp³-hybridized carbons (Fsp3) is 0.222. The first kappa shape index (κ1) is 17.8. The van der Waals surface area contributed by atoms with Crippen LogP contribution in [0.4, 0.5) is 0 Å². The smallest absolute Gasteiger partial charge is 0.262 e. The van der Waals surface area contributed by atoms with Crippen molar-refractivity contribution in [2.45, 2.75) is 19.9 Å². The van der Waals surface area contributed by atoms with E-state index in [1.807, 2.05) is 25.1 Å². The van der Waals surface area contributed by atoms with Gasteiger partial charge in [-0.15, -0.1) is 11.3 Å². The maximum atomic E-state index is 12.4. The van der Waals surface area contributed by atoms with Crippen molar-refractivity contribution in [2.75, 3.05) is 7.11 Å². The van der Waals surface area contributed by atoms with Gasteiger partial charge in [-0.2, -0.15) is 5.10 Å². The van der Waals surface area contributed by atoms with Gasteiger partial charge in [0.2, 0.25) is 0 Å². The van der Waals surface area contributed by atoms with E-state index >= 15 is 0 Å². The molecule has 0 fully saturated rings. The van der Waals surface area contributed by atoms with Crippen molar-refractivity contribution in [3.8, 4) is 5.75 Å². The summed E-state index contributed by atoms with van der Waals surface area (Å²) in [5.41, 5.74) is 3.01. The Bertz CT molecular complexity index is 1010. The number of nitrogens with zero attached hydrogens (tertiary/aromatic N) is 3. The molecule has 7 nitrogen and oxygen atoms in total. The Morgan fingerprint density at radius 2 is 2.15 bits per heavy atom. The lowest BCUT2D eigenvalue weighted by molar-refractivity contribution is -0.121. The Hall–Kier alpha value is -3.00. The molecule has 0 aliphatic rings. The summed E-state index contributed by atoms with van der Waals surface area (Å²) < 4.78 is 6.36. The number of methoxy groups -OCH3 is 1. The molecule has 0 bridgehead atoms. The monoisotopic (exact) mass is 370 g/mol. The van der Waals surface area contributed by atoms with E-state index in [9.17, 15) is 9.59 Å². The number of hydrogen-bond acceptors (Lipinski definition) is 6. The zero-order chi connectivity index (χ0) is 18.5. The molecular formula is C18H18N4O3S. The van der Waals surface area contributed by atoms with Crippen LogP contribution in [-0.2, 0) is 17.8 Å². The number of aromatic nitrogens is 2. The highest BCUT2D eigenvalue weighted by Gasteiger charge is 2.10. The molecule has 1 amide bonds. The summed E-state index contributed by atoms with van der Waals surface area (Å²) in [4.78, 5) is 30.5. The summed E-state index contributed by atoms with van der Waals surface area (Å²) in [6.45, 7) is 1.89. The van der Waals surface area contributed by atoms with Gasteiger partial charge in [0.05, 0.1) is 25.0 Å². The summed E-state index contributed by atoms with van der Waals surface area (Å²) >= 11 is 1.50. The van der Waals surface area contributed by atoms with E-state index in [2.05, 4.69) is 15.5 Å². The molecule has 3 rings (SSSR count). The molecule has 0 aliphatic carbocycles. The van der Waals surface area contributed by atoms with E-state index < -0.39 is 5.91 Å². The Morgan fingerprint density at radius 3 is 2.85 bits per heavy atom. The van der Waals surface area contributed by atoms with Gasteiger partial charge in [-0.25, -0.2) is 10.4 Å². The molecule has 0 saturated carbocycles. The van der Waals surface area contributed by atoms with Crippen LogP contribution >= 0.6 is 11.3 Å². The van der Waals surface area contributed by atoms with E-state index in [0.29, 0.717) is 10.2 Å². The molecule has 0 radical (unpaired) electrons. The number of ether oxygens (including phenoxy) is 1. The molecule has 1 aromatic carbocycles. The van der Waals surface area contributed by atoms with Crippen molar-refractivity contribution >= 4 is 33.7 Å². The van der Waals surface area contributed by atoms with Crippen LogP contribution in [0.1, 0.15) is 17.4 Å². The quantitative estimate of drug-likeness (QED) is 0.532. The number of aryl methyl sites for hydroxylation is 1. The highest BCUT2D eigenvalue weighted by molar-refractivity contribution is 7.18. The van der Waals surface area contributed by atoms with Crippen LogP contribution in [-0.4, -0.2) is 28.8 Å². The van der Waals surface area contributed by atoms with Crippen LogP contribution < -0.4 is 15.7 Å². The van der Waals surface area contributed by atoms with E-state index in [4.69, 9.17) is 4.74 Å². The minimum absolute atomic E-state index is 0.140. The number of hydrogen-bond donors (Lipinski definition) is 1. The van der Waals surface area contributed by atoms with Crippen LogP contribution in [0.2, 0.25) is 0 Å². The van der Waals surface area contributed by atoms with Crippen molar-refractivity contribution in [3.05, 3.63) is 57.5 Å². The van der Waals surface area contributed by atoms with Gasteiger partial charge in [-0.05, 0) is 42.3 Å². The van der Waals surface area contributed by atoms with Crippen molar-refractivity contribution in [1.82, 2.24) is 15.0 Å². The minimum Gasteiger partial charge on any atom is -0.497 e. The normalized spacial score (nSPS) is 11.2. The van der Waals surface area contributed by atoms with Crippen LogP contribution in [0.5, 0.6) is 5.75 Å². The lowest BCUT2D eigenvalue weighted by atomic mass is 10.2. The third-order valence-electron chi connectivity index (χ3n) is 3.75. The topological polar surface area (TPSA) is 85.6 Å². The SMILES string of the molecule is CCc1cc2c(=O)n(CC(=O)N/N=C/c3ccc(OC)cc3)cnc2s1. The van der Waals surface area contributed by atoms with Crippen molar-refractivity contribution in [3.63, 3.8) is 0 Å². The zero-order valence-corrected chi connectivity index (χ0v) is 15.2. The molecule has 0 spiro atoms. The summed E-state index contributed by atoms with van der Waals surface area (Å²) in [6, 6.07) is 9.08. The summed E-state index contributed by atoms with van der Waals surface area (Å²) in [5.74, 6) is 0.345. The molecule has 0 unspecified atom stereocenters. The van der Waals surface area contributed by atoms with Gasteiger partial charge in [0.1, 0.15) is 17.1 Å². The van der Waals surface area contributed by atoms with E-state index in [-0.39, 0.29) is 12.1 Å². The van der Waals surface area contributed by atoms with Crippen LogP contribution in [0.25, 0.3) is 10.2 Å². The summed E-state index contributed by atoms with van der Waals surface area (Å²) in [6.07, 6.45) is 3.77. The second kappa shape index (κ2) is 7.92. The first-order valence-corrected chi connectivity index (χ1v) is 8.86. The number of nitrogens with one attached hydrogen (secondary N) is 1. The predicted molar refractivity (Wildman–Crippen MR) is 102 cm³/mol. The van der Waals surface area contributed by atoms with Gasteiger partial charge in [-0.3, -0.25) is 14.2 Å². The number of carbonyl (C=O) groups excluding carboxylic acids is 1. The molecular weight excluding hydrogens is 352 g/mol. The molecule has 2 aromatic heterocycles. The molecule has 8 heteroatoms. The molecule has 134 valence electrons. The number of benzene rings is 1. The molecule has 0 saturated heterocycles. The van der Waals surface area contributed by atoms with Crippen molar-refractivity contribution in [1.29, 1.82) is 0 Å². The van der Waals surface area contributed by atoms with Crippen molar-refractivity contribution < 1.29 is 9.53 Å². The predicted octanol–water partition coefficient (Wildman–Crippen LogP) is 2.18. The number of carbonyl (C=O) groups is 1. The first-order chi connectivity index (χ1) is 12.6. The standard InChI is InChI=1S/C18H18N4O3S/c1-3-14-8-15-17(26-14)19-11-22(18(15)24)10-16(23)21-20-9-12-4-6-13(25-2)7-5-12/h4-9,11H,3,10H2,1-2H3,(H,21,23)/b20-9+. The first-order valence-electron chi connectivity index (χ1n) is 8.04. The third kappa shape index (κ3) is 3.97. The number of hydrazone groups is 1. The van der Waals surface area contributed by atoms with Gasteiger partial charge in [-0.1, -0.05) is 6.92 Å². The Labute approximate surface area is 154 Å². The average Bonchev–Trinajstić information content (AvgIpc) is 3.09. The third-order valence-corrected chi connectivity index (χ3v) is 4.94. The Morgan fingerprint density at radius 1 is 1.38 bits per heavy atom. The van der Waals surface area contributed by atoms with Crippen LogP contribution in [0.15, 0.2) is 46.6 Å². The maximum absolute atomic E-state index is 12.4. The second-order valence-electron chi connectivity index (χ2n) is 5.53. The molecule has 3 aromatic rings. The molecule has 0 aliphatic heterocycles. The lowest BCUT2D eigenvalue weighted by Crippen LogP contribution is -2.29. The van der Waals surface area contributed by atoms with Gasteiger partial charge >= 0.3 is 0 Å². The minimum atomic E-state index is -0.399. The number of thiophene rings is 1. The lowest BCUT2D eigenvalue weighted by Gasteiger charge is -2.03. The second-order valence-corrected chi connectivity index (χ2v) is 6.64. The molecule has 0 atom stereocenters. The molecule has 1 N–H and O–H groups in total. The zero-order valence-electron chi connectivity index (χ0n) is 14.4. The number of rotatable bonds is 6. The van der Waals surface area contributed by atoms with Gasteiger partial charge < -0.3 is 4.74 Å². The number of amides is 1. The highest BCUT2D eigenvalue weighted by atomic mass is 32.1. The fourth-order valence-electron chi connectivity index (χ4n) is 2.36.